The Morgan fingerprint density at radius 1 is 1.11 bits per heavy atom. The molecule has 1 aliphatic rings. The van der Waals surface area contributed by atoms with Crippen LogP contribution in [-0.2, 0) is 17.6 Å². The quantitative estimate of drug-likeness (QED) is 0.681. The predicted octanol–water partition coefficient (Wildman–Crippen LogP) is 2.28. The molecule has 0 unspecified atom stereocenters. The van der Waals surface area contributed by atoms with E-state index in [1.165, 1.54) is 11.3 Å². The second-order valence-corrected chi connectivity index (χ2v) is 7.39. The Kier molecular flexibility index (Phi) is 5.23. The third-order valence-electron chi connectivity index (χ3n) is 5.29. The third-order valence-corrected chi connectivity index (χ3v) is 5.29. The normalized spacial score (nSPS) is 14.6. The summed E-state index contributed by atoms with van der Waals surface area (Å²) in [4.78, 5) is 21.5. The zero-order valence-electron chi connectivity index (χ0n) is 16.5. The number of carbonyl (C=O) groups is 1. The van der Waals surface area contributed by atoms with Crippen molar-refractivity contribution in [3.05, 3.63) is 53.5 Å². The number of anilines is 1. The van der Waals surface area contributed by atoms with Crippen molar-refractivity contribution in [3.8, 4) is 0 Å². The molecule has 146 valence electrons. The van der Waals surface area contributed by atoms with Crippen LogP contribution in [0.3, 0.4) is 0 Å². The lowest BCUT2D eigenvalue weighted by Crippen LogP contribution is -2.49. The molecule has 1 amide bonds. The Balaban J connectivity index is 1.41. The van der Waals surface area contributed by atoms with E-state index in [1.54, 1.807) is 6.33 Å². The molecule has 0 bridgehead atoms. The SMILES string of the molecule is CCCc1cc(N2CCN(C(=O)Cc3ccc(C)cc3)CC2)nc2nncn12. The van der Waals surface area contributed by atoms with E-state index in [0.717, 1.165) is 37.3 Å². The molecule has 1 saturated heterocycles. The number of hydrogen-bond acceptors (Lipinski definition) is 5. The minimum Gasteiger partial charge on any atom is -0.353 e. The van der Waals surface area contributed by atoms with Gasteiger partial charge in [0.15, 0.2) is 0 Å². The monoisotopic (exact) mass is 378 g/mol. The van der Waals surface area contributed by atoms with Gasteiger partial charge in [-0.3, -0.25) is 9.20 Å². The molecular formula is C21H26N6O. The van der Waals surface area contributed by atoms with Gasteiger partial charge < -0.3 is 9.80 Å². The molecule has 0 N–H and O–H groups in total. The van der Waals surface area contributed by atoms with Gasteiger partial charge >= 0.3 is 0 Å². The van der Waals surface area contributed by atoms with Crippen molar-refractivity contribution in [2.24, 2.45) is 0 Å². The molecule has 0 spiro atoms. The fraction of sp³-hybridized carbons (Fsp3) is 0.429. The summed E-state index contributed by atoms with van der Waals surface area (Å²) >= 11 is 0. The van der Waals surface area contributed by atoms with Gasteiger partial charge in [0.25, 0.3) is 5.78 Å². The van der Waals surface area contributed by atoms with Crippen molar-refractivity contribution >= 4 is 17.5 Å². The summed E-state index contributed by atoms with van der Waals surface area (Å²) in [6.45, 7) is 7.21. The number of benzene rings is 1. The summed E-state index contributed by atoms with van der Waals surface area (Å²) in [6, 6.07) is 10.3. The number of carbonyl (C=O) groups excluding carboxylic acids is 1. The van der Waals surface area contributed by atoms with E-state index in [-0.39, 0.29) is 5.91 Å². The first-order chi connectivity index (χ1) is 13.6. The van der Waals surface area contributed by atoms with Crippen LogP contribution in [0.25, 0.3) is 5.78 Å². The van der Waals surface area contributed by atoms with Gasteiger partial charge in [-0.1, -0.05) is 43.2 Å². The van der Waals surface area contributed by atoms with Gasteiger partial charge in [0.05, 0.1) is 6.42 Å². The first-order valence-corrected chi connectivity index (χ1v) is 9.92. The van der Waals surface area contributed by atoms with Crippen molar-refractivity contribution in [1.29, 1.82) is 0 Å². The smallest absolute Gasteiger partial charge is 0.256 e. The van der Waals surface area contributed by atoms with Gasteiger partial charge in [0.2, 0.25) is 5.91 Å². The van der Waals surface area contributed by atoms with Crippen LogP contribution in [0, 0.1) is 6.92 Å². The lowest BCUT2D eigenvalue weighted by molar-refractivity contribution is -0.130. The number of fused-ring (bicyclic) bond motifs is 1. The Labute approximate surface area is 165 Å². The van der Waals surface area contributed by atoms with E-state index >= 15 is 0 Å². The van der Waals surface area contributed by atoms with E-state index in [4.69, 9.17) is 0 Å². The zero-order valence-corrected chi connectivity index (χ0v) is 16.5. The lowest BCUT2D eigenvalue weighted by atomic mass is 10.1. The predicted molar refractivity (Wildman–Crippen MR) is 108 cm³/mol. The van der Waals surface area contributed by atoms with Crippen LogP contribution in [0.5, 0.6) is 0 Å². The summed E-state index contributed by atoms with van der Waals surface area (Å²) < 4.78 is 1.95. The number of amides is 1. The molecule has 0 aliphatic carbocycles. The van der Waals surface area contributed by atoms with Gasteiger partial charge in [-0.2, -0.15) is 4.98 Å². The zero-order chi connectivity index (χ0) is 19.5. The van der Waals surface area contributed by atoms with Crippen molar-refractivity contribution in [2.75, 3.05) is 31.1 Å². The minimum atomic E-state index is 0.191. The van der Waals surface area contributed by atoms with Crippen LogP contribution >= 0.6 is 0 Å². The van der Waals surface area contributed by atoms with Gasteiger partial charge in [0.1, 0.15) is 12.1 Å². The third kappa shape index (κ3) is 3.83. The molecule has 0 atom stereocenters. The molecule has 1 aliphatic heterocycles. The first-order valence-electron chi connectivity index (χ1n) is 9.92. The van der Waals surface area contributed by atoms with Crippen molar-refractivity contribution in [2.45, 2.75) is 33.1 Å². The first kappa shape index (κ1) is 18.4. The number of piperazine rings is 1. The van der Waals surface area contributed by atoms with Crippen LogP contribution in [0.4, 0.5) is 5.82 Å². The molecule has 1 fully saturated rings. The number of nitrogens with zero attached hydrogens (tertiary/aromatic N) is 6. The number of aryl methyl sites for hydroxylation is 2. The van der Waals surface area contributed by atoms with Gasteiger partial charge in [-0.05, 0) is 18.9 Å². The van der Waals surface area contributed by atoms with Gasteiger partial charge in [0, 0.05) is 37.9 Å². The standard InChI is InChI=1S/C21H26N6O/c1-3-4-18-14-19(23-21-24-22-15-27(18)21)25-9-11-26(12-10-25)20(28)13-17-7-5-16(2)6-8-17/h5-8,14-15H,3-4,9-13H2,1-2H3. The highest BCUT2D eigenvalue weighted by Gasteiger charge is 2.23. The fourth-order valence-electron chi connectivity index (χ4n) is 3.65. The van der Waals surface area contributed by atoms with Crippen LogP contribution < -0.4 is 4.90 Å². The lowest BCUT2D eigenvalue weighted by Gasteiger charge is -2.35. The maximum Gasteiger partial charge on any atom is 0.256 e. The Morgan fingerprint density at radius 3 is 2.57 bits per heavy atom. The second kappa shape index (κ2) is 7.96. The van der Waals surface area contributed by atoms with Crippen molar-refractivity contribution in [3.63, 3.8) is 0 Å². The highest BCUT2D eigenvalue weighted by molar-refractivity contribution is 5.79. The van der Waals surface area contributed by atoms with Crippen LogP contribution in [-0.4, -0.2) is 56.6 Å². The van der Waals surface area contributed by atoms with E-state index in [2.05, 4.69) is 52.1 Å². The fourth-order valence-corrected chi connectivity index (χ4v) is 3.65. The molecule has 0 radical (unpaired) electrons. The average molecular weight is 378 g/mol. The average Bonchev–Trinajstić information content (AvgIpc) is 3.19. The van der Waals surface area contributed by atoms with E-state index in [0.29, 0.717) is 25.3 Å². The summed E-state index contributed by atoms with van der Waals surface area (Å²) in [7, 11) is 0. The molecule has 1 aromatic carbocycles. The Hall–Kier alpha value is -2.96. The maximum absolute atomic E-state index is 12.6. The van der Waals surface area contributed by atoms with Crippen LogP contribution in [0.2, 0.25) is 0 Å². The largest absolute Gasteiger partial charge is 0.353 e. The molecular weight excluding hydrogens is 352 g/mol. The molecule has 3 aromatic rings. The summed E-state index contributed by atoms with van der Waals surface area (Å²) in [5.41, 5.74) is 3.45. The number of rotatable bonds is 5. The molecule has 0 saturated carbocycles. The second-order valence-electron chi connectivity index (χ2n) is 7.39. The summed E-state index contributed by atoms with van der Waals surface area (Å²) in [6.07, 6.45) is 4.20. The minimum absolute atomic E-state index is 0.191. The maximum atomic E-state index is 12.6. The van der Waals surface area contributed by atoms with Crippen LogP contribution in [0.1, 0.15) is 30.2 Å². The van der Waals surface area contributed by atoms with E-state index < -0.39 is 0 Å². The molecule has 2 aromatic heterocycles. The van der Waals surface area contributed by atoms with Gasteiger partial charge in [-0.25, -0.2) is 0 Å². The highest BCUT2D eigenvalue weighted by Crippen LogP contribution is 2.18. The molecule has 28 heavy (non-hydrogen) atoms. The number of aromatic nitrogens is 4. The van der Waals surface area contributed by atoms with Crippen molar-refractivity contribution in [1.82, 2.24) is 24.5 Å². The molecule has 7 heteroatoms. The topological polar surface area (TPSA) is 66.6 Å². The number of hydrogen-bond donors (Lipinski definition) is 0. The van der Waals surface area contributed by atoms with Gasteiger partial charge in [-0.15, -0.1) is 10.2 Å². The van der Waals surface area contributed by atoms with E-state index in [1.807, 2.05) is 21.4 Å². The van der Waals surface area contributed by atoms with E-state index in [9.17, 15) is 4.79 Å². The highest BCUT2D eigenvalue weighted by atomic mass is 16.2. The van der Waals surface area contributed by atoms with Crippen molar-refractivity contribution < 1.29 is 4.79 Å². The molecule has 4 rings (SSSR count). The Morgan fingerprint density at radius 2 is 1.86 bits per heavy atom. The summed E-state index contributed by atoms with van der Waals surface area (Å²) in [5.74, 6) is 1.75. The van der Waals surface area contributed by atoms with Crippen LogP contribution in [0.15, 0.2) is 36.7 Å². The molecule has 3 heterocycles. The molecule has 7 nitrogen and oxygen atoms in total. The Bertz CT molecular complexity index is 957. The summed E-state index contributed by atoms with van der Waals surface area (Å²) in [5, 5.41) is 8.11.